The van der Waals surface area contributed by atoms with Crippen molar-refractivity contribution in [3.63, 3.8) is 0 Å². The number of carbonyl (C=O) groups excluding carboxylic acids is 1. The van der Waals surface area contributed by atoms with E-state index < -0.39 is 10.0 Å². The molecule has 0 radical (unpaired) electrons. The van der Waals surface area contributed by atoms with Gasteiger partial charge in [-0.15, -0.1) is 0 Å². The van der Waals surface area contributed by atoms with E-state index in [0.717, 1.165) is 24.0 Å². The molecule has 3 rings (SSSR count). The summed E-state index contributed by atoms with van der Waals surface area (Å²) in [6, 6.07) is 9.83. The van der Waals surface area contributed by atoms with Gasteiger partial charge in [0.25, 0.3) is 5.91 Å². The van der Waals surface area contributed by atoms with Crippen molar-refractivity contribution in [1.29, 1.82) is 0 Å². The van der Waals surface area contributed by atoms with Crippen LogP contribution in [-0.2, 0) is 14.8 Å². The summed E-state index contributed by atoms with van der Waals surface area (Å²) in [6.07, 6.45) is 1.74. The number of ether oxygens (including phenoxy) is 1. The summed E-state index contributed by atoms with van der Waals surface area (Å²) in [7, 11) is -3.53. The summed E-state index contributed by atoms with van der Waals surface area (Å²) in [6.45, 7) is 4.60. The zero-order valence-corrected chi connectivity index (χ0v) is 17.4. The summed E-state index contributed by atoms with van der Waals surface area (Å²) in [4.78, 5) is 12.4. The number of benzene rings is 2. The molecule has 1 fully saturated rings. The van der Waals surface area contributed by atoms with Gasteiger partial charge < -0.3 is 10.1 Å². The lowest BCUT2D eigenvalue weighted by atomic mass is 10.1. The summed E-state index contributed by atoms with van der Waals surface area (Å²) in [5, 5.41) is 3.31. The van der Waals surface area contributed by atoms with Gasteiger partial charge in [-0.1, -0.05) is 17.7 Å². The van der Waals surface area contributed by atoms with Gasteiger partial charge in [0.1, 0.15) is 5.75 Å². The molecule has 1 N–H and O–H groups in total. The number of halogens is 1. The largest absolute Gasteiger partial charge is 0.483 e. The number of hydrogen-bond donors (Lipinski definition) is 1. The SMILES string of the molecule is Cc1cc(Cl)cc(C)c1OCC(=O)Nc1cccc(S(=O)(=O)N2CCCC2)c1. The zero-order valence-electron chi connectivity index (χ0n) is 15.9. The normalized spacial score (nSPS) is 14.8. The van der Waals surface area contributed by atoms with E-state index in [1.54, 1.807) is 30.3 Å². The van der Waals surface area contributed by atoms with Crippen molar-refractivity contribution in [3.8, 4) is 5.75 Å². The number of rotatable bonds is 6. The Morgan fingerprint density at radius 3 is 2.43 bits per heavy atom. The molecule has 150 valence electrons. The number of anilines is 1. The number of sulfonamides is 1. The Hall–Kier alpha value is -2.09. The van der Waals surface area contributed by atoms with Crippen LogP contribution in [0.25, 0.3) is 0 Å². The second kappa shape index (κ2) is 8.51. The Kier molecular flexibility index (Phi) is 6.27. The Morgan fingerprint density at radius 2 is 1.79 bits per heavy atom. The molecule has 0 unspecified atom stereocenters. The molecule has 28 heavy (non-hydrogen) atoms. The van der Waals surface area contributed by atoms with Gasteiger partial charge in [-0.2, -0.15) is 4.31 Å². The Balaban J connectivity index is 1.66. The highest BCUT2D eigenvalue weighted by Gasteiger charge is 2.27. The van der Waals surface area contributed by atoms with E-state index in [0.29, 0.717) is 29.5 Å². The smallest absolute Gasteiger partial charge is 0.262 e. The van der Waals surface area contributed by atoms with Gasteiger partial charge in [0.15, 0.2) is 6.61 Å². The van der Waals surface area contributed by atoms with Crippen LogP contribution in [0.15, 0.2) is 41.3 Å². The highest BCUT2D eigenvalue weighted by atomic mass is 35.5. The maximum absolute atomic E-state index is 12.7. The van der Waals surface area contributed by atoms with Crippen molar-refractivity contribution in [2.24, 2.45) is 0 Å². The molecule has 2 aromatic carbocycles. The van der Waals surface area contributed by atoms with Crippen molar-refractivity contribution < 1.29 is 17.9 Å². The lowest BCUT2D eigenvalue weighted by Gasteiger charge is -2.16. The van der Waals surface area contributed by atoms with Crippen molar-refractivity contribution in [3.05, 3.63) is 52.5 Å². The molecule has 0 atom stereocenters. The number of nitrogens with one attached hydrogen (secondary N) is 1. The zero-order chi connectivity index (χ0) is 20.3. The van der Waals surface area contributed by atoms with Gasteiger partial charge in [0.05, 0.1) is 4.90 Å². The van der Waals surface area contributed by atoms with Crippen LogP contribution in [0.5, 0.6) is 5.75 Å². The summed E-state index contributed by atoms with van der Waals surface area (Å²) in [5.74, 6) is 0.245. The molecule has 6 nitrogen and oxygen atoms in total. The molecule has 0 spiro atoms. The Labute approximate surface area is 170 Å². The number of nitrogens with zero attached hydrogens (tertiary/aromatic N) is 1. The highest BCUT2D eigenvalue weighted by Crippen LogP contribution is 2.27. The maximum atomic E-state index is 12.7. The molecule has 1 aliphatic rings. The molecule has 1 heterocycles. The molecular formula is C20H23ClN2O4S. The molecule has 0 aliphatic carbocycles. The lowest BCUT2D eigenvalue weighted by molar-refractivity contribution is -0.118. The molecule has 1 aliphatic heterocycles. The standard InChI is InChI=1S/C20H23ClN2O4S/c1-14-10-16(21)11-15(2)20(14)27-13-19(24)22-17-6-5-7-18(12-17)28(25,26)23-8-3-4-9-23/h5-7,10-12H,3-4,8-9,13H2,1-2H3,(H,22,24). The van der Waals surface area contributed by atoms with Crippen LogP contribution in [0, 0.1) is 13.8 Å². The molecular weight excluding hydrogens is 400 g/mol. The summed E-state index contributed by atoms with van der Waals surface area (Å²) < 4.78 is 32.4. The van der Waals surface area contributed by atoms with E-state index in [1.807, 2.05) is 13.8 Å². The fourth-order valence-corrected chi connectivity index (χ4v) is 5.16. The molecule has 0 aromatic heterocycles. The fourth-order valence-electron chi connectivity index (χ4n) is 3.27. The summed E-state index contributed by atoms with van der Waals surface area (Å²) >= 11 is 6.00. The first-order chi connectivity index (χ1) is 13.3. The topological polar surface area (TPSA) is 75.7 Å². The van der Waals surface area contributed by atoms with E-state index in [1.165, 1.54) is 10.4 Å². The number of carbonyl (C=O) groups is 1. The third-order valence-corrected chi connectivity index (χ3v) is 6.71. The van der Waals surface area contributed by atoms with Crippen LogP contribution in [0.2, 0.25) is 5.02 Å². The second-order valence-electron chi connectivity index (χ2n) is 6.84. The van der Waals surface area contributed by atoms with Gasteiger partial charge in [-0.05, 0) is 68.1 Å². The van der Waals surface area contributed by atoms with Crippen LogP contribution in [0.4, 0.5) is 5.69 Å². The van der Waals surface area contributed by atoms with Crippen molar-refractivity contribution in [2.45, 2.75) is 31.6 Å². The molecule has 0 saturated carbocycles. The van der Waals surface area contributed by atoms with Gasteiger partial charge in [-0.25, -0.2) is 8.42 Å². The number of amides is 1. The minimum atomic E-state index is -3.53. The highest BCUT2D eigenvalue weighted by molar-refractivity contribution is 7.89. The lowest BCUT2D eigenvalue weighted by Crippen LogP contribution is -2.28. The fraction of sp³-hybridized carbons (Fsp3) is 0.350. The van der Waals surface area contributed by atoms with Gasteiger partial charge >= 0.3 is 0 Å². The average molecular weight is 423 g/mol. The molecule has 0 bridgehead atoms. The first-order valence-corrected chi connectivity index (χ1v) is 10.9. The monoisotopic (exact) mass is 422 g/mol. The van der Waals surface area contributed by atoms with E-state index in [4.69, 9.17) is 16.3 Å². The van der Waals surface area contributed by atoms with Crippen LogP contribution < -0.4 is 10.1 Å². The van der Waals surface area contributed by atoms with Crippen molar-refractivity contribution in [2.75, 3.05) is 25.0 Å². The Morgan fingerprint density at radius 1 is 1.14 bits per heavy atom. The molecule has 8 heteroatoms. The molecule has 1 saturated heterocycles. The van der Waals surface area contributed by atoms with Crippen molar-refractivity contribution >= 4 is 33.2 Å². The maximum Gasteiger partial charge on any atom is 0.262 e. The van der Waals surface area contributed by atoms with Crippen LogP contribution in [0.3, 0.4) is 0 Å². The van der Waals surface area contributed by atoms with E-state index in [2.05, 4.69) is 5.32 Å². The molecule has 1 amide bonds. The second-order valence-corrected chi connectivity index (χ2v) is 9.22. The number of aryl methyl sites for hydroxylation is 2. The Bertz CT molecular complexity index is 962. The third-order valence-electron chi connectivity index (χ3n) is 4.59. The minimum absolute atomic E-state index is 0.178. The predicted molar refractivity (Wildman–Crippen MR) is 109 cm³/mol. The quantitative estimate of drug-likeness (QED) is 0.769. The van der Waals surface area contributed by atoms with E-state index in [-0.39, 0.29) is 17.4 Å². The van der Waals surface area contributed by atoms with Crippen LogP contribution in [0.1, 0.15) is 24.0 Å². The van der Waals surface area contributed by atoms with E-state index >= 15 is 0 Å². The third kappa shape index (κ3) is 4.66. The van der Waals surface area contributed by atoms with Gasteiger partial charge in [0.2, 0.25) is 10.0 Å². The van der Waals surface area contributed by atoms with Crippen LogP contribution >= 0.6 is 11.6 Å². The minimum Gasteiger partial charge on any atom is -0.483 e. The van der Waals surface area contributed by atoms with Crippen LogP contribution in [-0.4, -0.2) is 38.3 Å². The predicted octanol–water partition coefficient (Wildman–Crippen LogP) is 3.76. The average Bonchev–Trinajstić information content (AvgIpc) is 3.16. The summed E-state index contributed by atoms with van der Waals surface area (Å²) in [5.41, 5.74) is 2.10. The first-order valence-electron chi connectivity index (χ1n) is 9.07. The van der Waals surface area contributed by atoms with Gasteiger partial charge in [-0.3, -0.25) is 4.79 Å². The number of hydrogen-bond acceptors (Lipinski definition) is 4. The van der Waals surface area contributed by atoms with Crippen molar-refractivity contribution in [1.82, 2.24) is 4.31 Å². The molecule has 2 aromatic rings. The van der Waals surface area contributed by atoms with Gasteiger partial charge in [0, 0.05) is 23.8 Å². The first kappa shape index (κ1) is 20.6. The van der Waals surface area contributed by atoms with E-state index in [9.17, 15) is 13.2 Å².